The van der Waals surface area contributed by atoms with Crippen LogP contribution in [-0.4, -0.2) is 5.87 Å². The van der Waals surface area contributed by atoms with Crippen LogP contribution in [0, 0.1) is 6.57 Å². The summed E-state index contributed by atoms with van der Waals surface area (Å²) in [5.74, 6) is 2.25. The molecule has 34 valence electrons. The Balaban J connectivity index is 3.54. The van der Waals surface area contributed by atoms with Gasteiger partial charge in [0, 0.05) is 6.20 Å². The molecular formula is C5H4N2. The molecule has 0 atom stereocenters. The predicted octanol–water partition coefficient (Wildman–Crippen LogP) is 1.23. The molecule has 0 unspecified atom stereocenters. The Bertz CT molecular complexity index is 144. The smallest absolute Gasteiger partial charge is 0.172 e. The first kappa shape index (κ1) is 5.68. The van der Waals surface area contributed by atoms with Crippen LogP contribution in [0.15, 0.2) is 24.0 Å². The van der Waals surface area contributed by atoms with Gasteiger partial charge in [0.15, 0.2) is 6.20 Å². The first-order valence-electron chi connectivity index (χ1n) is 1.65. The number of nitrogens with zero attached hydrogens (tertiary/aromatic N) is 2. The largest absolute Gasteiger partial charge is 0.244 e. The van der Waals surface area contributed by atoms with Gasteiger partial charge in [0.2, 0.25) is 0 Å². The standard InChI is InChI=1S/C5H4N2/c1-3-7-5-4-6-2/h4-5H,1H2/b5-4+. The van der Waals surface area contributed by atoms with Gasteiger partial charge in [-0.05, 0) is 12.4 Å². The van der Waals surface area contributed by atoms with Crippen molar-refractivity contribution in [1.29, 1.82) is 0 Å². The highest BCUT2D eigenvalue weighted by Crippen LogP contribution is 1.70. The monoisotopic (exact) mass is 92.0 g/mol. The third-order valence-corrected chi connectivity index (χ3v) is 0.307. The second-order valence-corrected chi connectivity index (χ2v) is 0.714. The summed E-state index contributed by atoms with van der Waals surface area (Å²) >= 11 is 0. The molecule has 0 spiro atoms. The van der Waals surface area contributed by atoms with Crippen LogP contribution >= 0.6 is 0 Å². The Morgan fingerprint density at radius 2 is 2.57 bits per heavy atom. The average molecular weight is 92.1 g/mol. The molecular weight excluding hydrogens is 88.1 g/mol. The molecule has 0 N–H and O–H groups in total. The normalized spacial score (nSPS) is 7.29. The molecule has 0 bridgehead atoms. The average Bonchev–Trinajstić information content (AvgIpc) is 1.69. The fourth-order valence-electron chi connectivity index (χ4n) is 0.119. The molecule has 2 heteroatoms. The van der Waals surface area contributed by atoms with E-state index in [1.807, 2.05) is 0 Å². The van der Waals surface area contributed by atoms with Crippen LogP contribution in [0.1, 0.15) is 0 Å². The van der Waals surface area contributed by atoms with E-state index in [0.29, 0.717) is 0 Å². The van der Waals surface area contributed by atoms with Crippen molar-refractivity contribution in [2.45, 2.75) is 0 Å². The molecule has 0 amide bonds. The van der Waals surface area contributed by atoms with Gasteiger partial charge in [-0.1, -0.05) is 0 Å². The summed E-state index contributed by atoms with van der Waals surface area (Å²) in [6, 6.07) is 0. The van der Waals surface area contributed by atoms with E-state index in [2.05, 4.69) is 22.3 Å². The van der Waals surface area contributed by atoms with Crippen LogP contribution in [0.3, 0.4) is 0 Å². The summed E-state index contributed by atoms with van der Waals surface area (Å²) in [4.78, 5) is 6.29. The molecule has 0 aromatic heterocycles. The van der Waals surface area contributed by atoms with E-state index in [4.69, 9.17) is 6.57 Å². The van der Waals surface area contributed by atoms with E-state index in [1.165, 1.54) is 12.4 Å². The summed E-state index contributed by atoms with van der Waals surface area (Å²) in [6.07, 6.45) is 2.57. The lowest BCUT2D eigenvalue weighted by Crippen LogP contribution is -1.41. The third-order valence-electron chi connectivity index (χ3n) is 0.307. The van der Waals surface area contributed by atoms with Gasteiger partial charge in [-0.2, -0.15) is 0 Å². The number of hydrogen-bond acceptors (Lipinski definition) is 1. The molecule has 0 saturated carbocycles. The van der Waals surface area contributed by atoms with Gasteiger partial charge in [-0.15, -0.1) is 0 Å². The maximum Gasteiger partial charge on any atom is 0.172 e. The lowest BCUT2D eigenvalue weighted by atomic mass is 10.9. The fraction of sp³-hybridized carbons (Fsp3) is 0. The van der Waals surface area contributed by atoms with E-state index in [1.54, 1.807) is 0 Å². The molecule has 0 fully saturated rings. The summed E-state index contributed by atoms with van der Waals surface area (Å²) in [7, 11) is 0. The summed E-state index contributed by atoms with van der Waals surface area (Å²) < 4.78 is 0. The molecule has 2 nitrogen and oxygen atoms in total. The molecule has 0 radical (unpaired) electrons. The van der Waals surface area contributed by atoms with E-state index in [0.717, 1.165) is 0 Å². The van der Waals surface area contributed by atoms with Crippen LogP contribution in [0.2, 0.25) is 0 Å². The fourth-order valence-corrected chi connectivity index (χ4v) is 0.119. The summed E-state index contributed by atoms with van der Waals surface area (Å²) in [6.45, 7) is 9.40. The predicted molar refractivity (Wildman–Crippen MR) is 28.8 cm³/mol. The zero-order valence-corrected chi connectivity index (χ0v) is 3.76. The molecule has 0 aliphatic rings. The lowest BCUT2D eigenvalue weighted by molar-refractivity contribution is 1.61. The van der Waals surface area contributed by atoms with Crippen LogP contribution < -0.4 is 0 Å². The number of hydrogen-bond donors (Lipinski definition) is 0. The Morgan fingerprint density at radius 1 is 1.86 bits per heavy atom. The highest BCUT2D eigenvalue weighted by molar-refractivity contribution is 5.47. The molecule has 0 heterocycles. The number of rotatable bonds is 1. The molecule has 0 rings (SSSR count). The highest BCUT2D eigenvalue weighted by atomic mass is 14.7. The minimum atomic E-state index is 1.23. The first-order chi connectivity index (χ1) is 3.41. The second kappa shape index (κ2) is 4.68. The van der Waals surface area contributed by atoms with Crippen LogP contribution in [0.4, 0.5) is 0 Å². The lowest BCUT2D eigenvalue weighted by Gasteiger charge is -1.58. The second-order valence-electron chi connectivity index (χ2n) is 0.714. The van der Waals surface area contributed by atoms with Gasteiger partial charge in [0.1, 0.15) is 0 Å². The SMILES string of the molecule is [C-]#[N+]/C=C/N=C=C. The van der Waals surface area contributed by atoms with Gasteiger partial charge < -0.3 is 0 Å². The van der Waals surface area contributed by atoms with Crippen molar-refractivity contribution < 1.29 is 0 Å². The topological polar surface area (TPSA) is 16.7 Å². The van der Waals surface area contributed by atoms with Crippen molar-refractivity contribution in [3.63, 3.8) is 0 Å². The van der Waals surface area contributed by atoms with Gasteiger partial charge in [-0.25, -0.2) is 9.84 Å². The van der Waals surface area contributed by atoms with E-state index in [9.17, 15) is 0 Å². The minimum Gasteiger partial charge on any atom is -0.244 e. The van der Waals surface area contributed by atoms with Crippen LogP contribution in [0.25, 0.3) is 4.85 Å². The van der Waals surface area contributed by atoms with Crippen LogP contribution in [0.5, 0.6) is 0 Å². The number of aliphatic imine (C=N–C) groups is 1. The van der Waals surface area contributed by atoms with Gasteiger partial charge in [0.25, 0.3) is 0 Å². The molecule has 0 aromatic rings. The molecule has 0 aliphatic heterocycles. The maximum atomic E-state index is 6.21. The Morgan fingerprint density at radius 3 is 3.00 bits per heavy atom. The quantitative estimate of drug-likeness (QED) is 0.342. The zero-order chi connectivity index (χ0) is 5.54. The van der Waals surface area contributed by atoms with Crippen molar-refractivity contribution in [2.24, 2.45) is 4.99 Å². The molecule has 0 aliphatic carbocycles. The Kier molecular flexibility index (Phi) is 3.80. The van der Waals surface area contributed by atoms with Crippen molar-refractivity contribution in [3.8, 4) is 0 Å². The highest BCUT2D eigenvalue weighted by Gasteiger charge is 1.52. The third kappa shape index (κ3) is 4.68. The van der Waals surface area contributed by atoms with Gasteiger partial charge >= 0.3 is 0 Å². The van der Waals surface area contributed by atoms with Crippen molar-refractivity contribution in [3.05, 3.63) is 30.4 Å². The van der Waals surface area contributed by atoms with Crippen molar-refractivity contribution >= 4 is 5.87 Å². The first-order valence-corrected chi connectivity index (χ1v) is 1.65. The van der Waals surface area contributed by atoms with E-state index >= 15 is 0 Å². The zero-order valence-electron chi connectivity index (χ0n) is 3.76. The van der Waals surface area contributed by atoms with Crippen molar-refractivity contribution in [2.75, 3.05) is 0 Å². The van der Waals surface area contributed by atoms with E-state index < -0.39 is 0 Å². The van der Waals surface area contributed by atoms with Crippen molar-refractivity contribution in [1.82, 2.24) is 0 Å². The molecule has 7 heavy (non-hydrogen) atoms. The minimum absolute atomic E-state index is 1.23. The molecule has 0 aromatic carbocycles. The van der Waals surface area contributed by atoms with Gasteiger partial charge in [0.05, 0.1) is 6.57 Å². The summed E-state index contributed by atoms with van der Waals surface area (Å²) in [5.41, 5.74) is 0. The maximum absolute atomic E-state index is 6.21. The Labute approximate surface area is 42.3 Å². The Hall–Kier alpha value is -1.32. The van der Waals surface area contributed by atoms with Crippen LogP contribution in [-0.2, 0) is 0 Å². The molecule has 0 saturated heterocycles. The summed E-state index contributed by atoms with van der Waals surface area (Å²) in [5, 5.41) is 0. The van der Waals surface area contributed by atoms with E-state index in [-0.39, 0.29) is 0 Å². The van der Waals surface area contributed by atoms with Gasteiger partial charge in [-0.3, -0.25) is 0 Å².